The molecule has 5 rings (SSSR count). The number of aromatic nitrogens is 2. The molecule has 0 fully saturated rings. The first-order chi connectivity index (χ1) is 14.3. The molecule has 30 heavy (non-hydrogen) atoms. The van der Waals surface area contributed by atoms with Crippen molar-refractivity contribution in [2.75, 3.05) is 5.32 Å². The Hall–Kier alpha value is -2.56. The third kappa shape index (κ3) is 3.34. The molecule has 0 spiro atoms. The molecule has 1 atom stereocenters. The van der Waals surface area contributed by atoms with E-state index in [1.54, 1.807) is 0 Å². The number of carbonyl (C=O) groups is 1. The largest absolute Gasteiger partial charge is 0.343 e. The summed E-state index contributed by atoms with van der Waals surface area (Å²) in [7, 11) is 0. The third-order valence-electron chi connectivity index (χ3n) is 5.78. The number of halogens is 2. The lowest BCUT2D eigenvalue weighted by Crippen LogP contribution is -2.36. The van der Waals surface area contributed by atoms with Crippen molar-refractivity contribution in [3.63, 3.8) is 0 Å². The van der Waals surface area contributed by atoms with Gasteiger partial charge in [-0.2, -0.15) is 5.10 Å². The predicted octanol–water partition coefficient (Wildman–Crippen LogP) is 6.52. The van der Waals surface area contributed by atoms with E-state index in [4.69, 9.17) is 28.3 Å². The van der Waals surface area contributed by atoms with E-state index in [0.717, 1.165) is 40.3 Å². The molecule has 1 N–H and O–H groups in total. The van der Waals surface area contributed by atoms with Gasteiger partial charge >= 0.3 is 0 Å². The van der Waals surface area contributed by atoms with Crippen LogP contribution in [-0.2, 0) is 4.79 Å². The molecule has 3 aromatic rings. The molecule has 2 aliphatic rings. The fraction of sp³-hybridized carbons (Fsp3) is 0.250. The number of nitrogens with zero attached hydrogens (tertiary/aromatic N) is 2. The number of ketones is 1. The Balaban J connectivity index is 1.67. The monoisotopic (exact) mass is 437 g/mol. The average Bonchev–Trinajstić information content (AvgIpc) is 3.10. The second kappa shape index (κ2) is 7.00. The lowest BCUT2D eigenvalue weighted by Gasteiger charge is -2.38. The van der Waals surface area contributed by atoms with Crippen LogP contribution in [0.1, 0.15) is 38.3 Å². The van der Waals surface area contributed by atoms with Crippen LogP contribution in [0.2, 0.25) is 10.0 Å². The topological polar surface area (TPSA) is 46.9 Å². The van der Waals surface area contributed by atoms with Crippen molar-refractivity contribution in [3.05, 3.63) is 81.5 Å². The van der Waals surface area contributed by atoms with Crippen LogP contribution in [0.4, 0.5) is 5.82 Å². The van der Waals surface area contributed by atoms with E-state index in [1.807, 2.05) is 59.3 Å². The van der Waals surface area contributed by atoms with Crippen LogP contribution in [0.5, 0.6) is 0 Å². The Morgan fingerprint density at radius 3 is 2.30 bits per heavy atom. The second-order valence-electron chi connectivity index (χ2n) is 8.78. The Morgan fingerprint density at radius 1 is 1.00 bits per heavy atom. The molecule has 0 saturated heterocycles. The number of hydrogen-bond acceptors (Lipinski definition) is 3. The first-order valence-corrected chi connectivity index (χ1v) is 10.7. The van der Waals surface area contributed by atoms with Gasteiger partial charge in [0.05, 0.1) is 5.69 Å². The van der Waals surface area contributed by atoms with E-state index in [-0.39, 0.29) is 17.2 Å². The van der Waals surface area contributed by atoms with E-state index >= 15 is 0 Å². The Bertz CT molecular complexity index is 1170. The molecule has 0 unspecified atom stereocenters. The van der Waals surface area contributed by atoms with Crippen molar-refractivity contribution in [1.82, 2.24) is 9.78 Å². The van der Waals surface area contributed by atoms with Gasteiger partial charge in [0, 0.05) is 39.4 Å². The van der Waals surface area contributed by atoms with Crippen LogP contribution in [0.3, 0.4) is 0 Å². The zero-order valence-electron chi connectivity index (χ0n) is 16.7. The molecule has 1 aliphatic heterocycles. The van der Waals surface area contributed by atoms with E-state index in [2.05, 4.69) is 19.2 Å². The molecule has 2 aromatic carbocycles. The smallest absolute Gasteiger partial charge is 0.163 e. The Kier molecular flexibility index (Phi) is 4.53. The fourth-order valence-corrected chi connectivity index (χ4v) is 4.69. The van der Waals surface area contributed by atoms with E-state index < -0.39 is 0 Å². The van der Waals surface area contributed by atoms with Gasteiger partial charge in [0.1, 0.15) is 11.9 Å². The molecule has 4 nitrogen and oxygen atoms in total. The summed E-state index contributed by atoms with van der Waals surface area (Å²) in [6, 6.07) is 17.0. The van der Waals surface area contributed by atoms with Crippen LogP contribution in [-0.4, -0.2) is 15.6 Å². The molecule has 152 valence electrons. The maximum atomic E-state index is 13.2. The Morgan fingerprint density at radius 2 is 1.63 bits per heavy atom. The highest BCUT2D eigenvalue weighted by Gasteiger charge is 2.41. The average molecular weight is 438 g/mol. The third-order valence-corrected chi connectivity index (χ3v) is 6.28. The van der Waals surface area contributed by atoms with Crippen molar-refractivity contribution in [2.24, 2.45) is 5.41 Å². The molecule has 6 heteroatoms. The summed E-state index contributed by atoms with van der Waals surface area (Å²) in [6.07, 6.45) is 1.35. The minimum atomic E-state index is -0.279. The van der Waals surface area contributed by atoms with E-state index in [0.29, 0.717) is 16.5 Å². The van der Waals surface area contributed by atoms with Crippen LogP contribution >= 0.6 is 23.2 Å². The van der Waals surface area contributed by atoms with E-state index in [9.17, 15) is 4.79 Å². The van der Waals surface area contributed by atoms with Crippen LogP contribution in [0, 0.1) is 5.41 Å². The normalized spacial score (nSPS) is 19.9. The SMILES string of the molecule is CC1(C)CC(=O)C2=C(C1)Nc1cc(-c3ccc(Cl)cc3)nn1[C@@H]2c1ccc(Cl)cc1. The summed E-state index contributed by atoms with van der Waals surface area (Å²) >= 11 is 12.2. The van der Waals surface area contributed by atoms with Crippen molar-refractivity contribution < 1.29 is 4.79 Å². The summed E-state index contributed by atoms with van der Waals surface area (Å²) in [6.45, 7) is 4.28. The number of rotatable bonds is 2. The quantitative estimate of drug-likeness (QED) is 0.496. The lowest BCUT2D eigenvalue weighted by molar-refractivity contribution is -0.118. The zero-order valence-corrected chi connectivity index (χ0v) is 18.3. The molecule has 0 saturated carbocycles. The molecule has 1 aromatic heterocycles. The van der Waals surface area contributed by atoms with Gasteiger partial charge in [0.15, 0.2) is 5.78 Å². The highest BCUT2D eigenvalue weighted by atomic mass is 35.5. The number of carbonyl (C=O) groups excluding carboxylic acids is 1. The van der Waals surface area contributed by atoms with Crippen molar-refractivity contribution in [2.45, 2.75) is 32.7 Å². The number of hydrogen-bond donors (Lipinski definition) is 1. The molecule has 2 heterocycles. The van der Waals surface area contributed by atoms with Crippen LogP contribution < -0.4 is 5.32 Å². The highest BCUT2D eigenvalue weighted by molar-refractivity contribution is 6.30. The number of benzene rings is 2. The number of allylic oxidation sites excluding steroid dienone is 2. The van der Waals surface area contributed by atoms with Gasteiger partial charge < -0.3 is 5.32 Å². The summed E-state index contributed by atoms with van der Waals surface area (Å²) in [5.41, 5.74) is 4.52. The first kappa shape index (κ1) is 19.4. The van der Waals surface area contributed by atoms with Crippen LogP contribution in [0.25, 0.3) is 11.3 Å². The van der Waals surface area contributed by atoms with Crippen molar-refractivity contribution in [3.8, 4) is 11.3 Å². The van der Waals surface area contributed by atoms with Crippen molar-refractivity contribution in [1.29, 1.82) is 0 Å². The van der Waals surface area contributed by atoms with Gasteiger partial charge in [-0.15, -0.1) is 0 Å². The van der Waals surface area contributed by atoms with Gasteiger partial charge in [0.2, 0.25) is 0 Å². The molecular weight excluding hydrogens is 417 g/mol. The molecule has 0 radical (unpaired) electrons. The maximum Gasteiger partial charge on any atom is 0.163 e. The van der Waals surface area contributed by atoms with Crippen molar-refractivity contribution >= 4 is 34.8 Å². The summed E-state index contributed by atoms with van der Waals surface area (Å²) in [5.74, 6) is 1.05. The second-order valence-corrected chi connectivity index (χ2v) is 9.65. The van der Waals surface area contributed by atoms with Gasteiger partial charge in [0.25, 0.3) is 0 Å². The van der Waals surface area contributed by atoms with Gasteiger partial charge in [-0.25, -0.2) is 4.68 Å². The molecule has 1 aliphatic carbocycles. The number of fused-ring (bicyclic) bond motifs is 1. The summed E-state index contributed by atoms with van der Waals surface area (Å²) < 4.78 is 1.92. The van der Waals surface area contributed by atoms with Crippen LogP contribution in [0.15, 0.2) is 65.9 Å². The molecule has 0 bridgehead atoms. The maximum absolute atomic E-state index is 13.2. The molecular formula is C24H21Cl2N3O. The summed E-state index contributed by atoms with van der Waals surface area (Å²) in [5, 5.41) is 9.74. The first-order valence-electron chi connectivity index (χ1n) is 9.95. The fourth-order valence-electron chi connectivity index (χ4n) is 4.44. The van der Waals surface area contributed by atoms with E-state index in [1.165, 1.54) is 0 Å². The highest BCUT2D eigenvalue weighted by Crippen LogP contribution is 2.46. The Labute approximate surface area is 185 Å². The summed E-state index contributed by atoms with van der Waals surface area (Å²) in [4.78, 5) is 13.2. The van der Waals surface area contributed by atoms with Gasteiger partial charge in [-0.3, -0.25) is 4.79 Å². The predicted molar refractivity (Wildman–Crippen MR) is 121 cm³/mol. The minimum absolute atomic E-state index is 0.0747. The lowest BCUT2D eigenvalue weighted by atomic mass is 9.73. The number of Topliss-reactive ketones (excluding diaryl/α,β-unsaturated/α-hetero) is 1. The number of nitrogens with one attached hydrogen (secondary N) is 1. The van der Waals surface area contributed by atoms with Gasteiger partial charge in [-0.05, 0) is 41.7 Å². The zero-order chi connectivity index (χ0) is 21.0. The number of anilines is 1. The minimum Gasteiger partial charge on any atom is -0.343 e. The molecule has 0 amide bonds. The standard InChI is InChI=1S/C24H21Cl2N3O/c1-24(2)12-19-22(20(30)13-24)23(15-5-9-17(26)10-6-15)29-21(27-19)11-18(28-29)14-3-7-16(25)8-4-14/h3-11,23,27H,12-13H2,1-2H3/t23-/m1/s1. The van der Waals surface area contributed by atoms with Gasteiger partial charge in [-0.1, -0.05) is 61.3 Å².